The Labute approximate surface area is 338 Å². The SMILES string of the molecule is C.C.CC.CC.CC.CC.CC.CC.CC.CC.O=S1C=CC=C1.O=S1C=CC=C1.[2HH].[2HH].[B].[B].[U].[W].c1ccsc1.c1ccsc1. The maximum Gasteiger partial charge on any atom is 0.0702 e. The predicted molar refractivity (Wildman–Crippen MR) is 221 cm³/mol. The second-order valence-corrected chi connectivity index (χ2v) is 7.59. The first-order valence-electron chi connectivity index (χ1n) is 14.2. The van der Waals surface area contributed by atoms with Crippen molar-refractivity contribution in [2.75, 3.05) is 0 Å². The van der Waals surface area contributed by atoms with Crippen LogP contribution < -0.4 is 0 Å². The standard InChI is InChI=1S/2C4H4OS.2C4H4S.8C2H6.2CH4.2B.U.W.2H2/c2*5-6-3-1-2-4-6;2*1-2-4-5-3-1;8*1-2;;;;;;;;/h2*1-4H;2*1-4H;8*1-2H3;2*1H4;;;;;2*1H/i;;;;;;;;;;;;;;;;;;2*1+1. The fourth-order valence-electron chi connectivity index (χ4n) is 1.04. The Hall–Kier alpha value is 0.530. The van der Waals surface area contributed by atoms with Gasteiger partial charge in [0.05, 0.1) is 21.6 Å². The van der Waals surface area contributed by atoms with Crippen LogP contribution in [0.1, 0.15) is 128 Å². The first kappa shape index (κ1) is 90.5. The Morgan fingerprint density at radius 3 is 0.591 bits per heavy atom. The molecule has 0 bridgehead atoms. The van der Waals surface area contributed by atoms with Crippen LogP contribution in [-0.2, 0) is 42.7 Å². The Morgan fingerprint density at radius 1 is 0.409 bits per heavy atom. The van der Waals surface area contributed by atoms with E-state index in [9.17, 15) is 8.42 Å². The second kappa shape index (κ2) is 131. The Morgan fingerprint density at radius 2 is 0.545 bits per heavy atom. The van der Waals surface area contributed by atoms with E-state index >= 15 is 0 Å². The van der Waals surface area contributed by atoms with Crippen LogP contribution in [0.5, 0.6) is 0 Å². The third-order valence-electron chi connectivity index (χ3n) is 1.92. The summed E-state index contributed by atoms with van der Waals surface area (Å²) < 4.78 is 20.4. The van der Waals surface area contributed by atoms with E-state index in [0.29, 0.717) is 0 Å². The van der Waals surface area contributed by atoms with Crippen LogP contribution in [-0.4, -0.2) is 25.2 Å². The van der Waals surface area contributed by atoms with Crippen molar-refractivity contribution < 1.29 is 63.4 Å². The molecule has 0 unspecified atom stereocenters. The molecule has 2 aromatic heterocycles. The minimum atomic E-state index is -0.784. The number of hydrogen-bond acceptors (Lipinski definition) is 4. The monoisotopic (exact) mass is 1090 g/mol. The fourth-order valence-corrected chi connectivity index (χ4v) is 3.11. The van der Waals surface area contributed by atoms with Gasteiger partial charge in [-0.2, -0.15) is 22.7 Å². The van der Waals surface area contributed by atoms with Gasteiger partial charge in [-0.05, 0) is 21.5 Å². The largest absolute Gasteiger partial charge is 0.250 e. The summed E-state index contributed by atoms with van der Waals surface area (Å²) in [5.74, 6) is 0. The van der Waals surface area contributed by atoms with Crippen LogP contribution in [0.2, 0.25) is 0 Å². The second-order valence-electron chi connectivity index (χ2n) is 3.56. The number of allylic oxidation sites excluding steroid dienone is 4. The average molecular weight is 1090 g/mol. The first-order valence-corrected chi connectivity index (χ1v) is 18.7. The Kier molecular flexibility index (Phi) is 269. The van der Waals surface area contributed by atoms with Gasteiger partial charge in [0.25, 0.3) is 0 Å². The van der Waals surface area contributed by atoms with Crippen molar-refractivity contribution in [1.29, 1.82) is 0 Å². The number of thiophene rings is 2. The molecule has 0 fully saturated rings. The first-order chi connectivity index (χ1) is 18.8. The number of hydrogen-bond donors (Lipinski definition) is 0. The molecule has 0 saturated carbocycles. The Balaban J connectivity index is -0.0000000156. The van der Waals surface area contributed by atoms with Gasteiger partial charge in [0, 0.05) is 93.5 Å². The molecule has 0 spiro atoms. The third-order valence-corrected chi connectivity index (χ3v) is 4.88. The molecule has 4 heterocycles. The molecular weight excluding hydrogens is 1010 g/mol. The zero-order valence-electron chi connectivity index (χ0n) is 29.8. The average Bonchev–Trinajstić information content (AvgIpc) is 3.89. The van der Waals surface area contributed by atoms with Crippen molar-refractivity contribution in [1.82, 2.24) is 0 Å². The number of rotatable bonds is 0. The summed E-state index contributed by atoms with van der Waals surface area (Å²) in [4.78, 5) is 0. The van der Waals surface area contributed by atoms with Gasteiger partial charge in [-0.15, -0.1) is 0 Å². The zero-order chi connectivity index (χ0) is 31.9. The molecule has 4 rings (SSSR count). The summed E-state index contributed by atoms with van der Waals surface area (Å²) in [5.41, 5.74) is 0. The van der Waals surface area contributed by atoms with Gasteiger partial charge >= 0.3 is 0 Å². The summed E-state index contributed by atoms with van der Waals surface area (Å²) in [7, 11) is -1.57. The van der Waals surface area contributed by atoms with Crippen molar-refractivity contribution >= 4 is 61.1 Å². The molecule has 10 heteroatoms. The molecule has 0 atom stereocenters. The van der Waals surface area contributed by atoms with Gasteiger partial charge in [-0.25, -0.2) is 0 Å². The van der Waals surface area contributed by atoms with Crippen LogP contribution >= 0.6 is 22.7 Å². The molecule has 264 valence electrons. The Bertz CT molecular complexity index is 558. The molecule has 0 aliphatic carbocycles. The summed E-state index contributed by atoms with van der Waals surface area (Å²) in [6, 6.07) is 8.07. The fraction of sp³-hybridized carbons (Fsp3) is 0.529. The van der Waals surface area contributed by atoms with Crippen molar-refractivity contribution in [3.05, 3.63) is 91.7 Å². The van der Waals surface area contributed by atoms with E-state index < -0.39 is 21.6 Å². The molecule has 2 aliphatic rings. The van der Waals surface area contributed by atoms with E-state index in [0.717, 1.165) is 0 Å². The van der Waals surface area contributed by atoms with Gasteiger partial charge in [0.2, 0.25) is 0 Å². The van der Waals surface area contributed by atoms with E-state index in [4.69, 9.17) is 0 Å². The van der Waals surface area contributed by atoms with Crippen LogP contribution in [0.25, 0.3) is 0 Å². The van der Waals surface area contributed by atoms with Crippen molar-refractivity contribution in [3.63, 3.8) is 0 Å². The molecule has 0 saturated heterocycles. The van der Waals surface area contributed by atoms with Crippen LogP contribution in [0, 0.1) is 31.1 Å². The smallest absolute Gasteiger partial charge is 0.0702 e. The molecule has 2 aromatic rings. The summed E-state index contributed by atoms with van der Waals surface area (Å²) in [5, 5.41) is 14.7. The van der Waals surface area contributed by atoms with Crippen molar-refractivity contribution in [2.24, 2.45) is 0 Å². The van der Waals surface area contributed by atoms with Crippen LogP contribution in [0.3, 0.4) is 0 Å². The molecule has 2 nitrogen and oxygen atoms in total. The summed E-state index contributed by atoms with van der Waals surface area (Å²) in [6.07, 6.45) is 7.10. The van der Waals surface area contributed by atoms with Crippen molar-refractivity contribution in [2.45, 2.75) is 126 Å². The topological polar surface area (TPSA) is 34.1 Å². The molecule has 2 aliphatic heterocycles. The zero-order valence-corrected chi connectivity index (χ0v) is 40.1. The van der Waals surface area contributed by atoms with Gasteiger partial charge in [0.15, 0.2) is 0 Å². The van der Waals surface area contributed by atoms with Gasteiger partial charge in [-0.1, -0.05) is 174 Å². The third kappa shape index (κ3) is 122. The van der Waals surface area contributed by atoms with E-state index in [-0.39, 0.29) is 86.7 Å². The molecular formula is C34H76B2O2S4UW. The molecule has 44 heavy (non-hydrogen) atoms. The molecule has 0 N–H and O–H groups in total. The maximum atomic E-state index is 10.2. The molecule has 0 amide bonds. The predicted octanol–water partition coefficient (Wildman–Crippen LogP) is 14.3. The van der Waals surface area contributed by atoms with E-state index in [1.807, 2.05) is 157 Å². The maximum absolute atomic E-state index is 10.2. The summed E-state index contributed by atoms with van der Waals surface area (Å²) >= 11 is 3.43. The molecule has 0 aromatic carbocycles. The minimum Gasteiger partial charge on any atom is -0.250 e. The van der Waals surface area contributed by atoms with Gasteiger partial charge in [-0.3, -0.25) is 8.42 Å². The van der Waals surface area contributed by atoms with Crippen molar-refractivity contribution in [3.8, 4) is 0 Å². The minimum absolute atomic E-state index is 0. The molecule has 6 radical (unpaired) electrons. The quantitative estimate of drug-likeness (QED) is 0.246. The van der Waals surface area contributed by atoms with E-state index in [1.54, 1.807) is 68.6 Å². The normalized spacial score (nSPS) is 8.36. The van der Waals surface area contributed by atoms with Gasteiger partial charge in [0.1, 0.15) is 0 Å². The van der Waals surface area contributed by atoms with E-state index in [1.165, 1.54) is 0 Å². The van der Waals surface area contributed by atoms with E-state index in [2.05, 4.69) is 0 Å². The van der Waals surface area contributed by atoms with Crippen LogP contribution in [0.4, 0.5) is 0 Å². The summed E-state index contributed by atoms with van der Waals surface area (Å²) in [6.45, 7) is 32.0. The van der Waals surface area contributed by atoms with Gasteiger partial charge < -0.3 is 0 Å². The van der Waals surface area contributed by atoms with Crippen LogP contribution in [0.15, 0.2) is 91.7 Å².